The van der Waals surface area contributed by atoms with Crippen LogP contribution >= 0.6 is 11.8 Å². The van der Waals surface area contributed by atoms with Crippen LogP contribution in [0.5, 0.6) is 0 Å². The van der Waals surface area contributed by atoms with E-state index < -0.39 is 21.8 Å². The summed E-state index contributed by atoms with van der Waals surface area (Å²) in [7, 11) is -2.42. The predicted octanol–water partition coefficient (Wildman–Crippen LogP) is 2.37. The van der Waals surface area contributed by atoms with Gasteiger partial charge in [0.2, 0.25) is 15.9 Å². The van der Waals surface area contributed by atoms with E-state index in [0.29, 0.717) is 17.7 Å². The van der Waals surface area contributed by atoms with Gasteiger partial charge in [0.15, 0.2) is 5.58 Å². The number of aromatic nitrogens is 1. The maximum absolute atomic E-state index is 13.0. The third-order valence-corrected chi connectivity index (χ3v) is 7.61. The first kappa shape index (κ1) is 22.9. The van der Waals surface area contributed by atoms with Gasteiger partial charge in [-0.15, -0.1) is 0 Å². The van der Waals surface area contributed by atoms with E-state index in [9.17, 15) is 18.0 Å². The average molecular weight is 456 g/mol. The summed E-state index contributed by atoms with van der Waals surface area (Å²) in [4.78, 5) is 24.5. The Morgan fingerprint density at radius 3 is 2.63 bits per heavy atom. The Morgan fingerprint density at radius 2 is 1.97 bits per heavy atom. The van der Waals surface area contributed by atoms with E-state index in [-0.39, 0.29) is 22.4 Å². The van der Waals surface area contributed by atoms with E-state index in [1.54, 1.807) is 18.8 Å². The van der Waals surface area contributed by atoms with Crippen molar-refractivity contribution in [3.8, 4) is 0 Å². The van der Waals surface area contributed by atoms with Crippen LogP contribution < -0.4 is 15.8 Å². The summed E-state index contributed by atoms with van der Waals surface area (Å²) in [5.41, 5.74) is 0.693. The maximum atomic E-state index is 13.0. The Labute approximate surface area is 180 Å². The molecule has 1 fully saturated rings. The van der Waals surface area contributed by atoms with Gasteiger partial charge in [-0.3, -0.25) is 9.36 Å². The third-order valence-electron chi connectivity index (χ3n) is 5.50. The van der Waals surface area contributed by atoms with E-state index in [1.807, 2.05) is 6.26 Å². The largest absolute Gasteiger partial charge is 0.419 e. The first-order valence-corrected chi connectivity index (χ1v) is 13.1. The van der Waals surface area contributed by atoms with E-state index >= 15 is 0 Å². The first-order valence-electron chi connectivity index (χ1n) is 10.2. The van der Waals surface area contributed by atoms with Gasteiger partial charge < -0.3 is 9.73 Å². The molecule has 10 heteroatoms. The lowest BCUT2D eigenvalue weighted by atomic mass is 10.1. The zero-order valence-electron chi connectivity index (χ0n) is 17.3. The molecule has 1 aromatic carbocycles. The fourth-order valence-electron chi connectivity index (χ4n) is 3.74. The summed E-state index contributed by atoms with van der Waals surface area (Å²) < 4.78 is 34.9. The molecule has 0 aliphatic heterocycles. The van der Waals surface area contributed by atoms with Crippen LogP contribution in [0.25, 0.3) is 11.1 Å². The summed E-state index contributed by atoms with van der Waals surface area (Å²) >= 11 is 1.56. The topological polar surface area (TPSA) is 110 Å². The van der Waals surface area contributed by atoms with Crippen molar-refractivity contribution >= 4 is 38.8 Å². The highest BCUT2D eigenvalue weighted by Crippen LogP contribution is 2.20. The molecule has 1 amide bonds. The number of nitrogens with one attached hydrogen (secondary N) is 2. The number of amides is 1. The molecule has 30 heavy (non-hydrogen) atoms. The zero-order valence-corrected chi connectivity index (χ0v) is 19.0. The molecular weight excluding hydrogens is 426 g/mol. The summed E-state index contributed by atoms with van der Waals surface area (Å²) in [6.07, 6.45) is 8.67. The van der Waals surface area contributed by atoms with Crippen LogP contribution in [0.15, 0.2) is 32.3 Å². The fraction of sp³-hybridized carbons (Fsp3) is 0.600. The minimum Gasteiger partial charge on any atom is -0.408 e. The second-order valence-electron chi connectivity index (χ2n) is 7.71. The highest BCUT2D eigenvalue weighted by Gasteiger charge is 2.28. The standard InChI is InChI=1S/C20H29N3O5S2/c1-23-17-10-9-15(13-18(17)28-20(23)25)30(26,27)22-16(11-12-29-2)19(24)21-14-7-5-3-4-6-8-14/h9-10,13-14,16,22H,3-8,11-12H2,1-2H3,(H,21,24)/t16-/m1/s1. The van der Waals surface area contributed by atoms with Gasteiger partial charge in [-0.25, -0.2) is 13.2 Å². The molecule has 1 aliphatic rings. The van der Waals surface area contributed by atoms with Gasteiger partial charge in [-0.1, -0.05) is 25.7 Å². The van der Waals surface area contributed by atoms with E-state index in [1.165, 1.54) is 35.6 Å². The molecule has 0 unspecified atom stereocenters. The normalized spacial score (nSPS) is 17.0. The molecule has 2 aromatic rings. The quantitative estimate of drug-likeness (QED) is 0.591. The van der Waals surface area contributed by atoms with Crippen molar-refractivity contribution in [2.75, 3.05) is 12.0 Å². The summed E-state index contributed by atoms with van der Waals surface area (Å²) in [6, 6.07) is 3.49. The van der Waals surface area contributed by atoms with Crippen molar-refractivity contribution in [3.05, 3.63) is 28.7 Å². The highest BCUT2D eigenvalue weighted by molar-refractivity contribution is 7.98. The SMILES string of the molecule is CSCC[C@@H](NS(=O)(=O)c1ccc2c(c1)oc(=O)n2C)C(=O)NC1CCCCCC1. The van der Waals surface area contributed by atoms with Gasteiger partial charge in [0, 0.05) is 19.2 Å². The molecule has 8 nitrogen and oxygen atoms in total. The number of carbonyl (C=O) groups is 1. The van der Waals surface area contributed by atoms with E-state index in [4.69, 9.17) is 4.42 Å². The minimum absolute atomic E-state index is 0.0410. The molecule has 0 radical (unpaired) electrons. The first-order chi connectivity index (χ1) is 14.3. The number of fused-ring (bicyclic) bond motifs is 1. The molecular formula is C20H29N3O5S2. The van der Waals surface area contributed by atoms with Crippen molar-refractivity contribution in [3.63, 3.8) is 0 Å². The van der Waals surface area contributed by atoms with E-state index in [2.05, 4.69) is 10.0 Å². The van der Waals surface area contributed by atoms with Crippen LogP contribution in [0.1, 0.15) is 44.9 Å². The van der Waals surface area contributed by atoms with Crippen molar-refractivity contribution in [1.82, 2.24) is 14.6 Å². The number of rotatable bonds is 8. The molecule has 3 rings (SSSR count). The zero-order chi connectivity index (χ0) is 21.7. The predicted molar refractivity (Wildman–Crippen MR) is 118 cm³/mol. The number of carbonyl (C=O) groups excluding carboxylic acids is 1. The number of benzene rings is 1. The second kappa shape index (κ2) is 10.0. The Hall–Kier alpha value is -1.78. The van der Waals surface area contributed by atoms with Crippen molar-refractivity contribution in [2.45, 2.75) is 61.9 Å². The lowest BCUT2D eigenvalue weighted by Crippen LogP contribution is -2.49. The van der Waals surface area contributed by atoms with Gasteiger partial charge in [0.25, 0.3) is 0 Å². The molecule has 2 N–H and O–H groups in total. The molecule has 0 spiro atoms. The molecule has 1 atom stereocenters. The smallest absolute Gasteiger partial charge is 0.408 e. The summed E-state index contributed by atoms with van der Waals surface area (Å²) in [5.74, 6) is -0.197. The highest BCUT2D eigenvalue weighted by atomic mass is 32.2. The number of nitrogens with zero attached hydrogens (tertiary/aromatic N) is 1. The summed E-state index contributed by atoms with van der Waals surface area (Å²) in [5, 5.41) is 3.04. The van der Waals surface area contributed by atoms with Crippen LogP contribution in [0.3, 0.4) is 0 Å². The number of aryl methyl sites for hydroxylation is 1. The molecule has 0 saturated heterocycles. The van der Waals surface area contributed by atoms with Crippen molar-refractivity contribution in [2.24, 2.45) is 7.05 Å². The number of hydrogen-bond donors (Lipinski definition) is 2. The van der Waals surface area contributed by atoms with Crippen molar-refractivity contribution in [1.29, 1.82) is 0 Å². The molecule has 1 heterocycles. The van der Waals surface area contributed by atoms with Gasteiger partial charge in [-0.2, -0.15) is 16.5 Å². The monoisotopic (exact) mass is 455 g/mol. The fourth-order valence-corrected chi connectivity index (χ4v) is 5.46. The Balaban J connectivity index is 1.78. The Bertz CT molecular complexity index is 1040. The maximum Gasteiger partial charge on any atom is 0.419 e. The summed E-state index contributed by atoms with van der Waals surface area (Å²) in [6.45, 7) is 0. The Kier molecular flexibility index (Phi) is 7.65. The number of hydrogen-bond acceptors (Lipinski definition) is 6. The van der Waals surface area contributed by atoms with E-state index in [0.717, 1.165) is 25.7 Å². The van der Waals surface area contributed by atoms with Gasteiger partial charge in [0.1, 0.15) is 6.04 Å². The number of thioether (sulfide) groups is 1. The van der Waals surface area contributed by atoms with Crippen LogP contribution in [0, 0.1) is 0 Å². The van der Waals surface area contributed by atoms with Crippen LogP contribution in [-0.2, 0) is 21.9 Å². The molecule has 166 valence electrons. The molecule has 1 aliphatic carbocycles. The number of sulfonamides is 1. The molecule has 1 saturated carbocycles. The third kappa shape index (κ3) is 5.47. The van der Waals surface area contributed by atoms with Crippen LogP contribution in [0.4, 0.5) is 0 Å². The van der Waals surface area contributed by atoms with Crippen LogP contribution in [-0.4, -0.2) is 43.0 Å². The average Bonchev–Trinajstić information content (AvgIpc) is 2.88. The van der Waals surface area contributed by atoms with Gasteiger partial charge >= 0.3 is 5.76 Å². The molecule has 1 aromatic heterocycles. The van der Waals surface area contributed by atoms with Crippen molar-refractivity contribution < 1.29 is 17.6 Å². The lowest BCUT2D eigenvalue weighted by Gasteiger charge is -2.22. The molecule has 0 bridgehead atoms. The lowest BCUT2D eigenvalue weighted by molar-refractivity contribution is -0.123. The van der Waals surface area contributed by atoms with Gasteiger partial charge in [-0.05, 0) is 43.4 Å². The van der Waals surface area contributed by atoms with Gasteiger partial charge in [0.05, 0.1) is 10.4 Å². The minimum atomic E-state index is -3.97. The second-order valence-corrected chi connectivity index (χ2v) is 10.4. The Morgan fingerprint density at radius 1 is 1.27 bits per heavy atom. The van der Waals surface area contributed by atoms with Crippen LogP contribution in [0.2, 0.25) is 0 Å². The number of oxazole rings is 1.